The second-order valence-electron chi connectivity index (χ2n) is 10.1. The zero-order valence-corrected chi connectivity index (χ0v) is 20.7. The first-order chi connectivity index (χ1) is 13.6. The Bertz CT molecular complexity index is 284. The zero-order chi connectivity index (χ0) is 20.8. The van der Waals surface area contributed by atoms with Crippen molar-refractivity contribution in [3.63, 3.8) is 0 Å². The van der Waals surface area contributed by atoms with Gasteiger partial charge >= 0.3 is 0 Å². The van der Waals surface area contributed by atoms with E-state index in [1.807, 2.05) is 0 Å². The normalized spacial score (nSPS) is 12.0. The van der Waals surface area contributed by atoms with Crippen molar-refractivity contribution in [2.45, 2.75) is 149 Å². The van der Waals surface area contributed by atoms with Crippen LogP contribution in [0.25, 0.3) is 0 Å². The summed E-state index contributed by atoms with van der Waals surface area (Å²) >= 11 is 0. The molecule has 0 heterocycles. The van der Waals surface area contributed by atoms with E-state index in [0.29, 0.717) is 0 Å². The molecule has 0 radical (unpaired) electrons. The largest absolute Gasteiger partial charge is 0.328 e. The summed E-state index contributed by atoms with van der Waals surface area (Å²) < 4.78 is 1.24. The van der Waals surface area contributed by atoms with E-state index < -0.39 is 0 Å². The Hall–Kier alpha value is -0.0400. The van der Waals surface area contributed by atoms with Crippen molar-refractivity contribution in [1.82, 2.24) is 0 Å². The summed E-state index contributed by atoms with van der Waals surface area (Å²) in [5, 5.41) is 0. The van der Waals surface area contributed by atoms with Gasteiger partial charge in [-0.1, -0.05) is 123 Å². The Labute approximate surface area is 180 Å². The third-order valence-electron chi connectivity index (χ3n) is 6.48. The van der Waals surface area contributed by atoms with Crippen LogP contribution in [0, 0.1) is 0 Å². The van der Waals surface area contributed by atoms with E-state index in [0.717, 1.165) is 0 Å². The fourth-order valence-corrected chi connectivity index (χ4v) is 4.34. The highest BCUT2D eigenvalue weighted by Gasteiger charge is 2.13. The summed E-state index contributed by atoms with van der Waals surface area (Å²) in [4.78, 5) is 0. The second-order valence-corrected chi connectivity index (χ2v) is 10.1. The van der Waals surface area contributed by atoms with Crippen LogP contribution in [0.4, 0.5) is 0 Å². The monoisotopic (exact) mass is 396 g/mol. The molecule has 0 atom stereocenters. The van der Waals surface area contributed by atoms with Gasteiger partial charge in [-0.05, 0) is 25.7 Å². The molecule has 0 spiro atoms. The van der Waals surface area contributed by atoms with Crippen LogP contribution >= 0.6 is 0 Å². The molecule has 28 heavy (non-hydrogen) atoms. The summed E-state index contributed by atoms with van der Waals surface area (Å²) in [5.74, 6) is 0. The second kappa shape index (κ2) is 21.7. The van der Waals surface area contributed by atoms with Crippen molar-refractivity contribution >= 4 is 0 Å². The molecule has 0 unspecified atom stereocenters. The van der Waals surface area contributed by atoms with Crippen molar-refractivity contribution in [1.29, 1.82) is 0 Å². The van der Waals surface area contributed by atoms with E-state index in [1.165, 1.54) is 152 Å². The smallest absolute Gasteiger partial charge is 0.0782 e. The first kappa shape index (κ1) is 28.0. The van der Waals surface area contributed by atoms with E-state index in [2.05, 4.69) is 27.9 Å². The number of nitrogens with zero attached hydrogens (tertiary/aromatic N) is 1. The summed E-state index contributed by atoms with van der Waals surface area (Å²) in [5.41, 5.74) is 0. The third-order valence-corrected chi connectivity index (χ3v) is 6.48. The maximum Gasteiger partial charge on any atom is 0.0782 e. The van der Waals surface area contributed by atoms with Crippen LogP contribution < -0.4 is 0 Å². The maximum absolute atomic E-state index is 2.44. The number of hydrogen-bond acceptors (Lipinski definition) is 0. The van der Waals surface area contributed by atoms with Gasteiger partial charge in [-0.3, -0.25) is 0 Å². The highest BCUT2D eigenvalue weighted by atomic mass is 15.3. The molecular weight excluding hydrogens is 338 g/mol. The summed E-state index contributed by atoms with van der Waals surface area (Å²) in [6.45, 7) is 7.37. The first-order valence-electron chi connectivity index (χ1n) is 13.4. The highest BCUT2D eigenvalue weighted by Crippen LogP contribution is 2.14. The quantitative estimate of drug-likeness (QED) is 0.119. The van der Waals surface area contributed by atoms with E-state index in [-0.39, 0.29) is 0 Å². The molecule has 0 saturated carbocycles. The first-order valence-corrected chi connectivity index (χ1v) is 13.4. The SMILES string of the molecule is CCCCCCCCCCCCCCCCC[N+](C)(C)CCCCCCCC. The van der Waals surface area contributed by atoms with Crippen molar-refractivity contribution in [3.8, 4) is 0 Å². The van der Waals surface area contributed by atoms with Crippen molar-refractivity contribution in [2.75, 3.05) is 27.2 Å². The number of rotatable bonds is 23. The average Bonchev–Trinajstić information content (AvgIpc) is 2.67. The Morgan fingerprint density at radius 1 is 0.321 bits per heavy atom. The van der Waals surface area contributed by atoms with Crippen LogP contribution in [0.1, 0.15) is 149 Å². The zero-order valence-electron chi connectivity index (χ0n) is 20.7. The molecule has 0 N–H and O–H groups in total. The molecule has 0 amide bonds. The molecule has 0 rings (SSSR count). The lowest BCUT2D eigenvalue weighted by molar-refractivity contribution is -0.890. The molecule has 1 heteroatoms. The van der Waals surface area contributed by atoms with Crippen molar-refractivity contribution in [2.24, 2.45) is 0 Å². The minimum Gasteiger partial charge on any atom is -0.328 e. The molecule has 0 aliphatic carbocycles. The Morgan fingerprint density at radius 2 is 0.536 bits per heavy atom. The topological polar surface area (TPSA) is 0 Å². The van der Waals surface area contributed by atoms with Gasteiger partial charge in [-0.15, -0.1) is 0 Å². The molecule has 0 aliphatic rings. The van der Waals surface area contributed by atoms with Gasteiger partial charge in [0.15, 0.2) is 0 Å². The van der Waals surface area contributed by atoms with Crippen LogP contribution in [0.5, 0.6) is 0 Å². The molecule has 0 aromatic rings. The fourth-order valence-electron chi connectivity index (χ4n) is 4.34. The summed E-state index contributed by atoms with van der Waals surface area (Å²) in [6, 6.07) is 0. The Morgan fingerprint density at radius 3 is 0.786 bits per heavy atom. The predicted molar refractivity (Wildman–Crippen MR) is 130 cm³/mol. The lowest BCUT2D eigenvalue weighted by Crippen LogP contribution is -2.41. The molecule has 0 aromatic heterocycles. The van der Waals surface area contributed by atoms with Gasteiger partial charge < -0.3 is 4.48 Å². The molecule has 1 nitrogen and oxygen atoms in total. The van der Waals surface area contributed by atoms with Gasteiger partial charge in [0, 0.05) is 0 Å². The Balaban J connectivity index is 3.24. The van der Waals surface area contributed by atoms with Crippen LogP contribution in [0.3, 0.4) is 0 Å². The number of quaternary nitrogens is 1. The van der Waals surface area contributed by atoms with Gasteiger partial charge in [0.2, 0.25) is 0 Å². The number of hydrogen-bond donors (Lipinski definition) is 0. The average molecular weight is 397 g/mol. The molecular formula is C27H58N+. The predicted octanol–water partition coefficient (Wildman–Crippen LogP) is 9.29. The fraction of sp³-hybridized carbons (Fsp3) is 1.00. The minimum atomic E-state index is 1.24. The van der Waals surface area contributed by atoms with E-state index in [1.54, 1.807) is 0 Å². The molecule has 0 saturated heterocycles. The summed E-state index contributed by atoms with van der Waals surface area (Å²) in [7, 11) is 4.88. The third kappa shape index (κ3) is 22.3. The number of unbranched alkanes of at least 4 members (excludes halogenated alkanes) is 19. The molecule has 0 fully saturated rings. The van der Waals surface area contributed by atoms with Gasteiger partial charge in [-0.25, -0.2) is 0 Å². The van der Waals surface area contributed by atoms with E-state index in [4.69, 9.17) is 0 Å². The van der Waals surface area contributed by atoms with Crippen molar-refractivity contribution in [3.05, 3.63) is 0 Å². The van der Waals surface area contributed by atoms with Gasteiger partial charge in [-0.2, -0.15) is 0 Å². The molecule has 0 aromatic carbocycles. The summed E-state index contributed by atoms with van der Waals surface area (Å²) in [6.07, 6.45) is 30.5. The van der Waals surface area contributed by atoms with Crippen LogP contribution in [-0.4, -0.2) is 31.7 Å². The van der Waals surface area contributed by atoms with E-state index >= 15 is 0 Å². The molecule has 0 bridgehead atoms. The van der Waals surface area contributed by atoms with Crippen LogP contribution in [0.15, 0.2) is 0 Å². The lowest BCUT2D eigenvalue weighted by Gasteiger charge is -2.30. The molecule has 0 aliphatic heterocycles. The van der Waals surface area contributed by atoms with Crippen LogP contribution in [-0.2, 0) is 0 Å². The molecule has 170 valence electrons. The highest BCUT2D eigenvalue weighted by molar-refractivity contribution is 4.50. The van der Waals surface area contributed by atoms with Gasteiger partial charge in [0.25, 0.3) is 0 Å². The minimum absolute atomic E-state index is 1.24. The maximum atomic E-state index is 2.44. The van der Waals surface area contributed by atoms with Crippen LogP contribution in [0.2, 0.25) is 0 Å². The Kier molecular flexibility index (Phi) is 21.6. The van der Waals surface area contributed by atoms with Gasteiger partial charge in [0.1, 0.15) is 0 Å². The van der Waals surface area contributed by atoms with Gasteiger partial charge in [0.05, 0.1) is 27.2 Å². The lowest BCUT2D eigenvalue weighted by atomic mass is 10.0. The van der Waals surface area contributed by atoms with E-state index in [9.17, 15) is 0 Å². The standard InChI is InChI=1S/C27H58N/c1-5-7-9-11-13-14-15-16-17-18-19-20-21-23-25-27-28(3,4)26-24-22-12-10-8-6-2/h5-27H2,1-4H3/q+1. The van der Waals surface area contributed by atoms with Crippen molar-refractivity contribution < 1.29 is 4.48 Å².